The Morgan fingerprint density at radius 2 is 2.06 bits per heavy atom. The molecule has 2 N–H and O–H groups in total. The number of amides is 1. The van der Waals surface area contributed by atoms with Crippen molar-refractivity contribution in [3.63, 3.8) is 0 Å². The summed E-state index contributed by atoms with van der Waals surface area (Å²) in [6.45, 7) is 5.21. The Hall–Kier alpha value is -2.31. The minimum absolute atomic E-state index is 0.0639. The lowest BCUT2D eigenvalue weighted by molar-refractivity contribution is -0.384. The van der Waals surface area contributed by atoms with Gasteiger partial charge in [0, 0.05) is 12.1 Å². The second-order valence-electron chi connectivity index (χ2n) is 4.56. The van der Waals surface area contributed by atoms with Gasteiger partial charge in [0.2, 0.25) is 0 Å². The molecular formula is C11H15N3O4. The number of anilines is 1. The number of ether oxygens (including phenoxy) is 1. The minimum atomic E-state index is -0.658. The van der Waals surface area contributed by atoms with Crippen molar-refractivity contribution in [1.82, 2.24) is 5.43 Å². The smallest absolute Gasteiger partial charge is 0.426 e. The van der Waals surface area contributed by atoms with Gasteiger partial charge in [0.1, 0.15) is 5.60 Å². The summed E-state index contributed by atoms with van der Waals surface area (Å²) < 4.78 is 4.99. The van der Waals surface area contributed by atoms with Crippen molar-refractivity contribution < 1.29 is 14.5 Å². The van der Waals surface area contributed by atoms with Crippen molar-refractivity contribution in [2.45, 2.75) is 26.4 Å². The van der Waals surface area contributed by atoms with Gasteiger partial charge < -0.3 is 4.74 Å². The minimum Gasteiger partial charge on any atom is -0.443 e. The Morgan fingerprint density at radius 3 is 2.61 bits per heavy atom. The number of hydrazine groups is 1. The zero-order valence-corrected chi connectivity index (χ0v) is 10.4. The van der Waals surface area contributed by atoms with E-state index < -0.39 is 16.6 Å². The molecule has 0 aromatic heterocycles. The highest BCUT2D eigenvalue weighted by Gasteiger charge is 2.15. The zero-order chi connectivity index (χ0) is 13.8. The third-order valence-electron chi connectivity index (χ3n) is 1.76. The van der Waals surface area contributed by atoms with Crippen LogP contribution in [0.3, 0.4) is 0 Å². The van der Waals surface area contributed by atoms with Crippen molar-refractivity contribution in [2.24, 2.45) is 0 Å². The normalized spacial score (nSPS) is 10.6. The summed E-state index contributed by atoms with van der Waals surface area (Å²) in [5, 5.41) is 10.5. The number of non-ortho nitro benzene ring substituents is 1. The molecule has 7 heteroatoms. The molecule has 1 aromatic rings. The van der Waals surface area contributed by atoms with Crippen molar-refractivity contribution in [3.8, 4) is 0 Å². The van der Waals surface area contributed by atoms with Gasteiger partial charge in [-0.25, -0.2) is 10.2 Å². The summed E-state index contributed by atoms with van der Waals surface area (Å²) in [5.74, 6) is 0. The highest BCUT2D eigenvalue weighted by Crippen LogP contribution is 2.16. The number of nitro groups is 1. The molecule has 0 aliphatic heterocycles. The maximum Gasteiger partial charge on any atom is 0.426 e. The van der Waals surface area contributed by atoms with E-state index in [1.807, 2.05) is 0 Å². The predicted molar refractivity (Wildman–Crippen MR) is 66.1 cm³/mol. The Bertz CT molecular complexity index is 454. The first kappa shape index (κ1) is 13.8. The fourth-order valence-electron chi connectivity index (χ4n) is 1.12. The molecule has 7 nitrogen and oxygen atoms in total. The van der Waals surface area contributed by atoms with Crippen LogP contribution in [0.5, 0.6) is 0 Å². The zero-order valence-electron chi connectivity index (χ0n) is 10.4. The Balaban J connectivity index is 2.56. The maximum atomic E-state index is 11.3. The molecule has 1 rings (SSSR count). The highest BCUT2D eigenvalue weighted by atomic mass is 16.6. The van der Waals surface area contributed by atoms with Gasteiger partial charge in [-0.2, -0.15) is 0 Å². The van der Waals surface area contributed by atoms with E-state index in [4.69, 9.17) is 4.74 Å². The van der Waals surface area contributed by atoms with Crippen molar-refractivity contribution in [3.05, 3.63) is 34.4 Å². The quantitative estimate of drug-likeness (QED) is 0.637. The van der Waals surface area contributed by atoms with Crippen molar-refractivity contribution in [1.29, 1.82) is 0 Å². The lowest BCUT2D eigenvalue weighted by atomic mass is 10.2. The van der Waals surface area contributed by atoms with Crippen LogP contribution < -0.4 is 10.9 Å². The summed E-state index contributed by atoms with van der Waals surface area (Å²) in [6, 6.07) is 5.76. The summed E-state index contributed by atoms with van der Waals surface area (Å²) >= 11 is 0. The van der Waals surface area contributed by atoms with E-state index in [-0.39, 0.29) is 5.69 Å². The van der Waals surface area contributed by atoms with Crippen LogP contribution in [-0.4, -0.2) is 16.6 Å². The van der Waals surface area contributed by atoms with Crippen LogP contribution >= 0.6 is 0 Å². The molecule has 98 valence electrons. The molecule has 1 aromatic carbocycles. The molecule has 0 unspecified atom stereocenters. The van der Waals surface area contributed by atoms with Gasteiger partial charge >= 0.3 is 6.09 Å². The van der Waals surface area contributed by atoms with Crippen LogP contribution in [-0.2, 0) is 4.74 Å². The number of nitrogens with one attached hydrogen (secondary N) is 2. The molecule has 0 radical (unpaired) electrons. The molecule has 0 aliphatic rings. The molecule has 0 saturated heterocycles. The molecule has 0 spiro atoms. The number of carbonyl (C=O) groups is 1. The van der Waals surface area contributed by atoms with Gasteiger partial charge in [-0.3, -0.25) is 15.5 Å². The molecule has 0 fully saturated rings. The average molecular weight is 253 g/mol. The molecule has 0 atom stereocenters. The summed E-state index contributed by atoms with van der Waals surface area (Å²) in [4.78, 5) is 21.4. The second kappa shape index (κ2) is 5.35. The van der Waals surface area contributed by atoms with E-state index >= 15 is 0 Å². The second-order valence-corrected chi connectivity index (χ2v) is 4.56. The summed E-state index contributed by atoms with van der Waals surface area (Å²) in [7, 11) is 0. The average Bonchev–Trinajstić information content (AvgIpc) is 2.24. The predicted octanol–water partition coefficient (Wildman–Crippen LogP) is 2.45. The lowest BCUT2D eigenvalue weighted by Crippen LogP contribution is -2.35. The number of hydrogen-bond donors (Lipinski definition) is 2. The third-order valence-corrected chi connectivity index (χ3v) is 1.76. The molecule has 18 heavy (non-hydrogen) atoms. The van der Waals surface area contributed by atoms with E-state index in [2.05, 4.69) is 10.9 Å². The molecule has 0 bridgehead atoms. The Labute approximate surface area is 104 Å². The van der Waals surface area contributed by atoms with Crippen LogP contribution in [0.2, 0.25) is 0 Å². The Kier molecular flexibility index (Phi) is 4.09. The topological polar surface area (TPSA) is 93.5 Å². The van der Waals surface area contributed by atoms with Crippen molar-refractivity contribution in [2.75, 3.05) is 5.43 Å². The highest BCUT2D eigenvalue weighted by molar-refractivity contribution is 5.70. The van der Waals surface area contributed by atoms with Gasteiger partial charge in [-0.1, -0.05) is 6.07 Å². The molecule has 0 heterocycles. The van der Waals surface area contributed by atoms with Gasteiger partial charge in [-0.15, -0.1) is 0 Å². The summed E-state index contributed by atoms with van der Waals surface area (Å²) in [6.07, 6.45) is -0.658. The standard InChI is InChI=1S/C11H15N3O4/c1-11(2,3)18-10(15)13-12-8-5-4-6-9(7-8)14(16)17/h4-7,12H,1-3H3,(H,13,15). The fourth-order valence-corrected chi connectivity index (χ4v) is 1.12. The lowest BCUT2D eigenvalue weighted by Gasteiger charge is -2.20. The maximum absolute atomic E-state index is 11.3. The fraction of sp³-hybridized carbons (Fsp3) is 0.364. The van der Waals surface area contributed by atoms with E-state index in [1.165, 1.54) is 18.2 Å². The number of nitrogens with zero attached hydrogens (tertiary/aromatic N) is 1. The van der Waals surface area contributed by atoms with Gasteiger partial charge in [0.15, 0.2) is 0 Å². The molecule has 1 amide bonds. The van der Waals surface area contributed by atoms with Crippen LogP contribution in [0.4, 0.5) is 16.2 Å². The van der Waals surface area contributed by atoms with E-state index in [9.17, 15) is 14.9 Å². The van der Waals surface area contributed by atoms with Crippen LogP contribution in [0, 0.1) is 10.1 Å². The Morgan fingerprint density at radius 1 is 1.39 bits per heavy atom. The van der Waals surface area contributed by atoms with Crippen LogP contribution in [0.25, 0.3) is 0 Å². The number of benzene rings is 1. The first-order chi connectivity index (χ1) is 8.28. The molecule has 0 aliphatic carbocycles. The van der Waals surface area contributed by atoms with Crippen molar-refractivity contribution >= 4 is 17.5 Å². The van der Waals surface area contributed by atoms with Crippen LogP contribution in [0.1, 0.15) is 20.8 Å². The molecule has 0 saturated carbocycles. The SMILES string of the molecule is CC(C)(C)OC(=O)NNc1cccc([N+](=O)[O-])c1. The van der Waals surface area contributed by atoms with Gasteiger partial charge in [0.05, 0.1) is 10.6 Å². The summed E-state index contributed by atoms with van der Waals surface area (Å²) in [5.41, 5.74) is 4.55. The number of nitro benzene ring substituents is 1. The van der Waals surface area contributed by atoms with E-state index in [1.54, 1.807) is 26.8 Å². The number of hydrogen-bond acceptors (Lipinski definition) is 5. The van der Waals surface area contributed by atoms with E-state index in [0.29, 0.717) is 5.69 Å². The molecular weight excluding hydrogens is 238 g/mol. The van der Waals surface area contributed by atoms with Crippen LogP contribution in [0.15, 0.2) is 24.3 Å². The monoisotopic (exact) mass is 253 g/mol. The van der Waals surface area contributed by atoms with Gasteiger partial charge in [-0.05, 0) is 26.8 Å². The number of carbonyl (C=O) groups excluding carboxylic acids is 1. The van der Waals surface area contributed by atoms with E-state index in [0.717, 1.165) is 0 Å². The van der Waals surface area contributed by atoms with Gasteiger partial charge in [0.25, 0.3) is 5.69 Å². The first-order valence-corrected chi connectivity index (χ1v) is 5.27. The number of rotatable bonds is 3. The third kappa shape index (κ3) is 4.69. The largest absolute Gasteiger partial charge is 0.443 e. The first-order valence-electron chi connectivity index (χ1n) is 5.27.